The number of aryl methyl sites for hydroxylation is 1. The lowest BCUT2D eigenvalue weighted by molar-refractivity contribution is -0.126. The number of hydrogen-bond donors (Lipinski definition) is 1. The highest BCUT2D eigenvalue weighted by atomic mass is 19.1. The van der Waals surface area contributed by atoms with Crippen LogP contribution >= 0.6 is 0 Å². The molecule has 0 saturated heterocycles. The summed E-state index contributed by atoms with van der Waals surface area (Å²) in [6, 6.07) is 1.72. The molecule has 0 spiro atoms. The van der Waals surface area contributed by atoms with E-state index in [1.54, 1.807) is 24.8 Å². The predicted octanol–water partition coefficient (Wildman–Crippen LogP) is 5.69. The van der Waals surface area contributed by atoms with Gasteiger partial charge >= 0.3 is 0 Å². The van der Waals surface area contributed by atoms with Crippen molar-refractivity contribution in [3.8, 4) is 5.75 Å². The van der Waals surface area contributed by atoms with Gasteiger partial charge in [-0.05, 0) is 74.8 Å². The maximum atomic E-state index is 15.6. The second-order valence-electron chi connectivity index (χ2n) is 11.4. The molecule has 176 valence electrons. The van der Waals surface area contributed by atoms with E-state index in [-0.39, 0.29) is 40.5 Å². The van der Waals surface area contributed by atoms with E-state index in [4.69, 9.17) is 4.74 Å². The van der Waals surface area contributed by atoms with Crippen LogP contribution in [-0.4, -0.2) is 30.1 Å². The minimum atomic E-state index is -1.05. The van der Waals surface area contributed by atoms with E-state index in [1.807, 2.05) is 20.8 Å². The molecule has 2 bridgehead atoms. The second-order valence-corrected chi connectivity index (χ2v) is 11.4. The Balaban J connectivity index is 1.65. The Morgan fingerprint density at radius 2 is 1.81 bits per heavy atom. The predicted molar refractivity (Wildman–Crippen MR) is 120 cm³/mol. The van der Waals surface area contributed by atoms with Gasteiger partial charge in [-0.2, -0.15) is 0 Å². The third-order valence-corrected chi connectivity index (χ3v) is 7.36. The first-order valence-corrected chi connectivity index (χ1v) is 11.6. The zero-order chi connectivity index (χ0) is 23.5. The van der Waals surface area contributed by atoms with Crippen molar-refractivity contribution in [3.05, 3.63) is 17.4 Å². The number of alkyl halides is 1. The number of halogens is 2. The fourth-order valence-corrected chi connectivity index (χ4v) is 5.39. The molecule has 1 N–H and O–H groups in total. The topological polar surface area (TPSA) is 58.6 Å². The van der Waals surface area contributed by atoms with Gasteiger partial charge in [0.25, 0.3) is 5.91 Å². The van der Waals surface area contributed by atoms with Crippen molar-refractivity contribution in [1.29, 1.82) is 0 Å². The van der Waals surface area contributed by atoms with Gasteiger partial charge in [-0.25, -0.2) is 8.78 Å². The van der Waals surface area contributed by atoms with Crippen LogP contribution in [0.1, 0.15) is 78.2 Å². The van der Waals surface area contributed by atoms with E-state index in [1.165, 1.54) is 0 Å². The molecule has 3 fully saturated rings. The fourth-order valence-electron chi connectivity index (χ4n) is 5.39. The van der Waals surface area contributed by atoms with Crippen molar-refractivity contribution in [2.75, 3.05) is 16.8 Å². The third-order valence-electron chi connectivity index (χ3n) is 7.36. The van der Waals surface area contributed by atoms with E-state index in [9.17, 15) is 14.0 Å². The van der Waals surface area contributed by atoms with Gasteiger partial charge in [0.1, 0.15) is 5.67 Å². The molecular weight excluding hydrogens is 414 g/mol. The van der Waals surface area contributed by atoms with E-state index < -0.39 is 17.6 Å². The summed E-state index contributed by atoms with van der Waals surface area (Å²) >= 11 is 0. The van der Waals surface area contributed by atoms with Crippen LogP contribution in [0.5, 0.6) is 5.75 Å². The van der Waals surface area contributed by atoms with Gasteiger partial charge in [0, 0.05) is 13.0 Å². The summed E-state index contributed by atoms with van der Waals surface area (Å²) in [6.45, 7) is 9.60. The van der Waals surface area contributed by atoms with Gasteiger partial charge in [0.15, 0.2) is 17.7 Å². The quantitative estimate of drug-likeness (QED) is 0.644. The molecule has 0 radical (unpaired) electrons. The molecule has 7 heteroatoms. The fraction of sp³-hybridized carbons (Fsp3) is 0.680. The minimum absolute atomic E-state index is 0.00313. The molecule has 5 nitrogen and oxygen atoms in total. The average Bonchev–Trinajstić information content (AvgIpc) is 2.70. The number of fused-ring (bicyclic) bond motifs is 4. The minimum Gasteiger partial charge on any atom is -0.476 e. The smallest absolute Gasteiger partial charge is 0.267 e. The van der Waals surface area contributed by atoms with Gasteiger partial charge in [-0.1, -0.05) is 20.8 Å². The van der Waals surface area contributed by atoms with Crippen LogP contribution in [0.4, 0.5) is 20.2 Å². The van der Waals surface area contributed by atoms with E-state index in [2.05, 4.69) is 5.32 Å². The molecule has 3 saturated carbocycles. The van der Waals surface area contributed by atoms with Crippen molar-refractivity contribution in [3.63, 3.8) is 0 Å². The molecule has 2 amide bonds. The molecular formula is C25H34F2N2O3. The lowest BCUT2D eigenvalue weighted by Gasteiger charge is -2.51. The normalized spacial score (nSPS) is 29.5. The van der Waals surface area contributed by atoms with Crippen molar-refractivity contribution >= 4 is 23.2 Å². The number of nitrogens with zero attached hydrogens (tertiary/aromatic N) is 1. The van der Waals surface area contributed by atoms with E-state index >= 15 is 4.39 Å². The van der Waals surface area contributed by atoms with Crippen LogP contribution in [0, 0.1) is 23.6 Å². The van der Waals surface area contributed by atoms with Crippen LogP contribution in [0.25, 0.3) is 0 Å². The monoisotopic (exact) mass is 448 g/mol. The third kappa shape index (κ3) is 4.23. The molecule has 1 unspecified atom stereocenters. The molecule has 1 aromatic carbocycles. The Kier molecular flexibility index (Phi) is 5.53. The number of nitrogens with one attached hydrogen (secondary N) is 1. The summed E-state index contributed by atoms with van der Waals surface area (Å²) in [7, 11) is 0. The van der Waals surface area contributed by atoms with Gasteiger partial charge in [0.2, 0.25) is 5.91 Å². The standard InChI is InChI=1S/C25H34F2N2O3/c1-15-12-17-21(19(26)20(15)28-18(30)13-23(3,4)5)32-16(2)22(31)29(17)14-24-6-9-25(27,10-7-24)11-8-24/h12,16H,6-11,13-14H2,1-5H3,(H,28,30). The van der Waals surface area contributed by atoms with Crippen molar-refractivity contribution in [2.24, 2.45) is 10.8 Å². The van der Waals surface area contributed by atoms with E-state index in [0.717, 1.165) is 19.3 Å². The largest absolute Gasteiger partial charge is 0.476 e. The Morgan fingerprint density at radius 1 is 1.22 bits per heavy atom. The number of amides is 2. The number of carbonyl (C=O) groups is 2. The van der Waals surface area contributed by atoms with Crippen LogP contribution in [0.3, 0.4) is 0 Å². The van der Waals surface area contributed by atoms with Gasteiger partial charge < -0.3 is 15.0 Å². The first-order valence-electron chi connectivity index (χ1n) is 11.6. The molecule has 5 rings (SSSR count). The van der Waals surface area contributed by atoms with Crippen LogP contribution in [-0.2, 0) is 9.59 Å². The molecule has 32 heavy (non-hydrogen) atoms. The van der Waals surface area contributed by atoms with Crippen molar-refractivity contribution in [2.45, 2.75) is 91.3 Å². The molecule has 1 aliphatic heterocycles. The number of rotatable bonds is 4. The molecule has 4 aliphatic rings. The zero-order valence-electron chi connectivity index (χ0n) is 19.7. The van der Waals surface area contributed by atoms with E-state index in [0.29, 0.717) is 37.1 Å². The van der Waals surface area contributed by atoms with Crippen LogP contribution in [0.15, 0.2) is 6.07 Å². The molecule has 0 aromatic heterocycles. The molecule has 1 heterocycles. The number of anilines is 2. The summed E-state index contributed by atoms with van der Waals surface area (Å²) in [5.74, 6) is -1.14. The summed E-state index contributed by atoms with van der Waals surface area (Å²) in [5.41, 5.74) is -0.392. The number of carbonyl (C=O) groups excluding carboxylic acids is 2. The Labute approximate surface area is 188 Å². The second kappa shape index (κ2) is 7.70. The Hall–Kier alpha value is -2.18. The summed E-state index contributed by atoms with van der Waals surface area (Å²) in [4.78, 5) is 27.1. The SMILES string of the molecule is Cc1cc2c(c(F)c1NC(=O)CC(C)(C)C)OC(C)C(=O)N2CC12CCC(F)(CC1)CC2. The van der Waals surface area contributed by atoms with Gasteiger partial charge in [0.05, 0.1) is 11.4 Å². The van der Waals surface area contributed by atoms with Gasteiger partial charge in [-0.3, -0.25) is 9.59 Å². The maximum Gasteiger partial charge on any atom is 0.267 e. The molecule has 1 aromatic rings. The summed E-state index contributed by atoms with van der Waals surface area (Å²) in [5, 5.41) is 2.70. The number of benzene rings is 1. The highest BCUT2D eigenvalue weighted by Crippen LogP contribution is 2.55. The Morgan fingerprint density at radius 3 is 2.38 bits per heavy atom. The van der Waals surface area contributed by atoms with Gasteiger partial charge in [-0.15, -0.1) is 0 Å². The Bertz CT molecular complexity index is 929. The highest BCUT2D eigenvalue weighted by Gasteiger charge is 2.51. The summed E-state index contributed by atoms with van der Waals surface area (Å²) in [6.07, 6.45) is 3.21. The number of hydrogen-bond acceptors (Lipinski definition) is 3. The van der Waals surface area contributed by atoms with Crippen molar-refractivity contribution < 1.29 is 23.1 Å². The molecule has 1 atom stereocenters. The van der Waals surface area contributed by atoms with Crippen LogP contribution in [0.2, 0.25) is 0 Å². The lowest BCUT2D eigenvalue weighted by Crippen LogP contribution is -2.53. The van der Waals surface area contributed by atoms with Crippen molar-refractivity contribution in [1.82, 2.24) is 0 Å². The highest BCUT2D eigenvalue weighted by molar-refractivity contribution is 6.01. The first-order chi connectivity index (χ1) is 14.8. The maximum absolute atomic E-state index is 15.6. The average molecular weight is 449 g/mol. The van der Waals surface area contributed by atoms with Crippen LogP contribution < -0.4 is 15.0 Å². The zero-order valence-corrected chi connectivity index (χ0v) is 19.7. The molecule has 3 aliphatic carbocycles. The first kappa shape index (κ1) is 23.0. The summed E-state index contributed by atoms with van der Waals surface area (Å²) < 4.78 is 35.9. The lowest BCUT2D eigenvalue weighted by atomic mass is 9.59. The number of ether oxygens (including phenoxy) is 1.